The number of aromatic carboxylic acids is 1. The molecule has 0 fully saturated rings. The van der Waals surface area contributed by atoms with Crippen molar-refractivity contribution >= 4 is 23.8 Å². The Bertz CT molecular complexity index is 1010. The smallest absolute Gasteiger partial charge is 0.335 e. The summed E-state index contributed by atoms with van der Waals surface area (Å²) in [7, 11) is 0. The molecule has 0 saturated heterocycles. The molecule has 0 atom stereocenters. The molecule has 2 amide bonds. The number of carbonyl (C=O) groups is 4. The first kappa shape index (κ1) is 32.3. The Balaban J connectivity index is 0.000000380. The first-order valence-corrected chi connectivity index (χ1v) is 12.8. The lowest BCUT2D eigenvalue weighted by atomic mass is 10.1. The molecular weight excluding hydrogens is 488 g/mol. The van der Waals surface area contributed by atoms with E-state index in [4.69, 9.17) is 21.7 Å². The highest BCUT2D eigenvalue weighted by Crippen LogP contribution is 2.06. The van der Waals surface area contributed by atoms with Crippen LogP contribution < -0.4 is 22.1 Å². The third-order valence-electron chi connectivity index (χ3n) is 5.57. The van der Waals surface area contributed by atoms with E-state index in [9.17, 15) is 19.2 Å². The fourth-order valence-electron chi connectivity index (χ4n) is 3.41. The zero-order chi connectivity index (χ0) is 28.2. The summed E-state index contributed by atoms with van der Waals surface area (Å²) >= 11 is 0. The fraction of sp³-hybridized carbons (Fsp3) is 0.429. The summed E-state index contributed by atoms with van der Waals surface area (Å²) in [5.41, 5.74) is 13.6. The molecule has 2 aromatic carbocycles. The first-order valence-electron chi connectivity index (χ1n) is 12.8. The number of unbranched alkanes of at least 4 members (excludes halogenated alkanes) is 4. The lowest BCUT2D eigenvalue weighted by Crippen LogP contribution is -2.24. The van der Waals surface area contributed by atoms with E-state index in [0.717, 1.165) is 36.8 Å². The zero-order valence-electron chi connectivity index (χ0n) is 21.8. The topological polar surface area (TPSA) is 185 Å². The van der Waals surface area contributed by atoms with Crippen LogP contribution in [-0.2, 0) is 22.7 Å². The number of carboxylic acids is 2. The number of aliphatic carboxylic acids is 1. The van der Waals surface area contributed by atoms with Gasteiger partial charge in [-0.1, -0.05) is 37.1 Å². The fourth-order valence-corrected chi connectivity index (χ4v) is 3.41. The number of hydrogen-bond acceptors (Lipinski definition) is 6. The van der Waals surface area contributed by atoms with Crippen LogP contribution in [0.25, 0.3) is 0 Å². The molecule has 0 saturated carbocycles. The van der Waals surface area contributed by atoms with Gasteiger partial charge in [0, 0.05) is 38.0 Å². The van der Waals surface area contributed by atoms with Crippen LogP contribution >= 0.6 is 0 Å². The highest BCUT2D eigenvalue weighted by Gasteiger charge is 2.07. The molecule has 0 aliphatic carbocycles. The SMILES string of the molecule is NCCCCCCNC(=O)c1ccc(C(=O)O)cc1.NCc1cccc(CNC(=O)CCCCC(=O)O)c1. The molecule has 10 heteroatoms. The maximum Gasteiger partial charge on any atom is 0.335 e. The summed E-state index contributed by atoms with van der Waals surface area (Å²) in [5, 5.41) is 22.8. The van der Waals surface area contributed by atoms with Crippen LogP contribution in [0, 0.1) is 0 Å². The van der Waals surface area contributed by atoms with Crippen molar-refractivity contribution in [2.75, 3.05) is 13.1 Å². The highest BCUT2D eigenvalue weighted by molar-refractivity contribution is 5.95. The van der Waals surface area contributed by atoms with Gasteiger partial charge in [-0.3, -0.25) is 14.4 Å². The second-order valence-corrected chi connectivity index (χ2v) is 8.74. The van der Waals surface area contributed by atoms with E-state index >= 15 is 0 Å². The molecule has 8 N–H and O–H groups in total. The lowest BCUT2D eigenvalue weighted by Gasteiger charge is -2.06. The van der Waals surface area contributed by atoms with Gasteiger partial charge in [-0.15, -0.1) is 0 Å². The van der Waals surface area contributed by atoms with E-state index in [1.165, 1.54) is 24.3 Å². The van der Waals surface area contributed by atoms with E-state index in [1.807, 2.05) is 24.3 Å². The number of hydrogen-bond donors (Lipinski definition) is 6. The van der Waals surface area contributed by atoms with E-state index in [-0.39, 0.29) is 23.8 Å². The Morgan fingerprint density at radius 2 is 1.34 bits per heavy atom. The van der Waals surface area contributed by atoms with Crippen molar-refractivity contribution < 1.29 is 29.4 Å². The highest BCUT2D eigenvalue weighted by atomic mass is 16.4. The van der Waals surface area contributed by atoms with E-state index < -0.39 is 11.9 Å². The van der Waals surface area contributed by atoms with Crippen LogP contribution in [-0.4, -0.2) is 47.1 Å². The molecule has 0 radical (unpaired) electrons. The van der Waals surface area contributed by atoms with Crippen molar-refractivity contribution in [3.63, 3.8) is 0 Å². The first-order chi connectivity index (χ1) is 18.3. The number of carbonyl (C=O) groups excluding carboxylic acids is 2. The van der Waals surface area contributed by atoms with Gasteiger partial charge in [0.1, 0.15) is 0 Å². The quantitative estimate of drug-likeness (QED) is 0.179. The number of amides is 2. The van der Waals surface area contributed by atoms with Crippen LogP contribution in [0.1, 0.15) is 83.2 Å². The molecule has 0 bridgehead atoms. The minimum Gasteiger partial charge on any atom is -0.481 e. The molecule has 38 heavy (non-hydrogen) atoms. The van der Waals surface area contributed by atoms with Gasteiger partial charge in [0.25, 0.3) is 5.91 Å². The zero-order valence-corrected chi connectivity index (χ0v) is 21.8. The molecule has 0 spiro atoms. The van der Waals surface area contributed by atoms with Crippen molar-refractivity contribution in [2.45, 2.75) is 64.5 Å². The van der Waals surface area contributed by atoms with Crippen molar-refractivity contribution in [3.05, 3.63) is 70.8 Å². The van der Waals surface area contributed by atoms with Crippen molar-refractivity contribution in [2.24, 2.45) is 11.5 Å². The maximum absolute atomic E-state index is 11.7. The Labute approximate surface area is 223 Å². The molecule has 0 aromatic heterocycles. The van der Waals surface area contributed by atoms with Crippen LogP contribution in [0.15, 0.2) is 48.5 Å². The van der Waals surface area contributed by atoms with Crippen LogP contribution in [0.5, 0.6) is 0 Å². The molecule has 0 aliphatic rings. The predicted molar refractivity (Wildman–Crippen MR) is 146 cm³/mol. The van der Waals surface area contributed by atoms with Crippen LogP contribution in [0.3, 0.4) is 0 Å². The molecule has 0 heterocycles. The van der Waals surface area contributed by atoms with Crippen LogP contribution in [0.4, 0.5) is 0 Å². The molecular formula is C28H40N4O6. The molecule has 208 valence electrons. The Hall–Kier alpha value is -3.76. The minimum absolute atomic E-state index is 0.0523. The van der Waals surface area contributed by atoms with Crippen molar-refractivity contribution in [3.8, 4) is 0 Å². The van der Waals surface area contributed by atoms with E-state index in [2.05, 4.69) is 10.6 Å². The van der Waals surface area contributed by atoms with E-state index in [0.29, 0.717) is 51.0 Å². The van der Waals surface area contributed by atoms with Gasteiger partial charge in [0.05, 0.1) is 5.56 Å². The van der Waals surface area contributed by atoms with Crippen LogP contribution in [0.2, 0.25) is 0 Å². The average molecular weight is 529 g/mol. The summed E-state index contributed by atoms with van der Waals surface area (Å²) in [6.07, 6.45) is 5.70. The monoisotopic (exact) mass is 528 g/mol. The maximum atomic E-state index is 11.7. The van der Waals surface area contributed by atoms with Gasteiger partial charge in [-0.25, -0.2) is 4.79 Å². The average Bonchev–Trinajstić information content (AvgIpc) is 2.92. The summed E-state index contributed by atoms with van der Waals surface area (Å²) in [4.78, 5) is 44.2. The summed E-state index contributed by atoms with van der Waals surface area (Å²) in [6.45, 7) is 2.30. The van der Waals surface area contributed by atoms with Gasteiger partial charge in [0.2, 0.25) is 5.91 Å². The standard InChI is InChI=1S/2C14H20N2O3/c15-9-11-4-3-5-12(8-11)10-16-13(17)6-1-2-7-14(18)19;15-9-3-1-2-4-10-16-13(17)11-5-7-12(8-6-11)14(18)19/h3-5,8H,1-2,6-7,9-10,15H2,(H,16,17)(H,18,19);5-8H,1-4,9-10,15H2,(H,16,17)(H,18,19). The van der Waals surface area contributed by atoms with Gasteiger partial charge in [-0.05, 0) is 67.6 Å². The second kappa shape index (κ2) is 19.4. The predicted octanol–water partition coefficient (Wildman–Crippen LogP) is 3.04. The third-order valence-corrected chi connectivity index (χ3v) is 5.57. The number of rotatable bonds is 16. The van der Waals surface area contributed by atoms with Gasteiger partial charge < -0.3 is 32.3 Å². The van der Waals surface area contributed by atoms with Crippen molar-refractivity contribution in [1.29, 1.82) is 0 Å². The third kappa shape index (κ3) is 14.7. The number of carboxylic acid groups (broad SMARTS) is 2. The molecule has 10 nitrogen and oxygen atoms in total. The van der Waals surface area contributed by atoms with Crippen molar-refractivity contribution in [1.82, 2.24) is 10.6 Å². The minimum atomic E-state index is -0.994. The molecule has 0 aliphatic heterocycles. The van der Waals surface area contributed by atoms with Gasteiger partial charge in [0.15, 0.2) is 0 Å². The Morgan fingerprint density at radius 1 is 0.711 bits per heavy atom. The largest absolute Gasteiger partial charge is 0.481 e. The number of nitrogens with one attached hydrogen (secondary N) is 2. The van der Waals surface area contributed by atoms with Gasteiger partial charge >= 0.3 is 11.9 Å². The summed E-state index contributed by atoms with van der Waals surface area (Å²) < 4.78 is 0. The number of benzene rings is 2. The number of nitrogens with two attached hydrogens (primary N) is 2. The molecule has 0 unspecified atom stereocenters. The summed E-state index contributed by atoms with van der Waals surface area (Å²) in [5.74, 6) is -2.04. The Morgan fingerprint density at radius 3 is 1.97 bits per heavy atom. The van der Waals surface area contributed by atoms with Gasteiger partial charge in [-0.2, -0.15) is 0 Å². The molecule has 2 aromatic rings. The normalized spacial score (nSPS) is 10.2. The lowest BCUT2D eigenvalue weighted by molar-refractivity contribution is -0.137. The summed E-state index contributed by atoms with van der Waals surface area (Å²) in [6, 6.07) is 13.7. The second-order valence-electron chi connectivity index (χ2n) is 8.74. The van der Waals surface area contributed by atoms with E-state index in [1.54, 1.807) is 0 Å². The molecule has 2 rings (SSSR count). The Kier molecular flexibility index (Phi) is 16.4.